The molecule has 4 nitrogen and oxygen atoms in total. The zero-order valence-electron chi connectivity index (χ0n) is 10.7. The van der Waals surface area contributed by atoms with Gasteiger partial charge in [-0.2, -0.15) is 0 Å². The number of rotatable bonds is 3. The van der Waals surface area contributed by atoms with Gasteiger partial charge in [-0.25, -0.2) is 4.39 Å². The lowest BCUT2D eigenvalue weighted by molar-refractivity contribution is -0.152. The van der Waals surface area contributed by atoms with Gasteiger partial charge >= 0.3 is 5.97 Å². The van der Waals surface area contributed by atoms with Crippen LogP contribution in [0.4, 0.5) is 4.39 Å². The third-order valence-corrected chi connectivity index (χ3v) is 3.17. The first-order chi connectivity index (χ1) is 8.21. The number of aromatic hydroxyl groups is 1. The lowest BCUT2D eigenvalue weighted by atomic mass is 9.80. The van der Waals surface area contributed by atoms with Crippen molar-refractivity contribution in [1.82, 2.24) is 0 Å². The predicted molar refractivity (Wildman–Crippen MR) is 73.0 cm³/mol. The zero-order chi connectivity index (χ0) is 14.1. The molecule has 0 aromatic heterocycles. The molecule has 1 aromatic rings. The van der Waals surface area contributed by atoms with E-state index in [1.165, 1.54) is 7.11 Å². The van der Waals surface area contributed by atoms with Gasteiger partial charge in [0.05, 0.1) is 17.5 Å². The van der Waals surface area contributed by atoms with Crippen molar-refractivity contribution in [3.8, 4) is 5.75 Å². The fourth-order valence-electron chi connectivity index (χ4n) is 1.60. The Bertz CT molecular complexity index is 480. The molecule has 19 heavy (non-hydrogen) atoms. The molecule has 1 aromatic carbocycles. The molecule has 0 amide bonds. The van der Waals surface area contributed by atoms with Gasteiger partial charge in [0.25, 0.3) is 0 Å². The van der Waals surface area contributed by atoms with Gasteiger partial charge in [0, 0.05) is 11.6 Å². The highest BCUT2D eigenvalue weighted by atomic mass is 35.5. The summed E-state index contributed by atoms with van der Waals surface area (Å²) in [6, 6.07) is 1.08. The summed E-state index contributed by atoms with van der Waals surface area (Å²) in [5, 5.41) is 9.63. The Morgan fingerprint density at radius 3 is 2.53 bits per heavy atom. The van der Waals surface area contributed by atoms with Crippen LogP contribution >= 0.6 is 24.0 Å². The van der Waals surface area contributed by atoms with Crippen molar-refractivity contribution in [3.05, 3.63) is 28.5 Å². The fourth-order valence-corrected chi connectivity index (χ4v) is 1.82. The van der Waals surface area contributed by atoms with Crippen molar-refractivity contribution >= 4 is 30.0 Å². The number of phenols is 1. The maximum absolute atomic E-state index is 13.3. The minimum absolute atomic E-state index is 0. The number of methoxy groups -OCH3 is 1. The number of ether oxygens (including phenoxy) is 1. The minimum atomic E-state index is -1.12. The Balaban J connectivity index is 0.00000324. The van der Waals surface area contributed by atoms with Gasteiger partial charge in [0.2, 0.25) is 0 Å². The Morgan fingerprint density at radius 2 is 2.05 bits per heavy atom. The number of esters is 1. The zero-order valence-corrected chi connectivity index (χ0v) is 12.3. The number of hydrogen-bond acceptors (Lipinski definition) is 4. The number of halogens is 3. The maximum Gasteiger partial charge on any atom is 0.313 e. The molecule has 1 atom stereocenters. The molecule has 0 unspecified atom stereocenters. The summed E-state index contributed by atoms with van der Waals surface area (Å²) in [7, 11) is 1.23. The van der Waals surface area contributed by atoms with Crippen LogP contribution in [0.1, 0.15) is 25.5 Å². The van der Waals surface area contributed by atoms with Crippen LogP contribution in [-0.2, 0) is 9.53 Å². The van der Waals surface area contributed by atoms with E-state index < -0.39 is 23.2 Å². The first kappa shape index (κ1) is 18.0. The second kappa shape index (κ2) is 6.41. The number of carbonyl (C=O) groups excluding carboxylic acids is 1. The summed E-state index contributed by atoms with van der Waals surface area (Å²) in [4.78, 5) is 11.6. The molecule has 0 bridgehead atoms. The van der Waals surface area contributed by atoms with Gasteiger partial charge in [-0.1, -0.05) is 11.6 Å². The van der Waals surface area contributed by atoms with E-state index >= 15 is 0 Å². The lowest BCUT2D eigenvalue weighted by Gasteiger charge is -2.29. The molecule has 0 aliphatic rings. The smallest absolute Gasteiger partial charge is 0.313 e. The molecule has 0 heterocycles. The highest BCUT2D eigenvalue weighted by Gasteiger charge is 2.38. The summed E-state index contributed by atoms with van der Waals surface area (Å²) in [5.41, 5.74) is 4.85. The monoisotopic (exact) mass is 311 g/mol. The van der Waals surface area contributed by atoms with Crippen LogP contribution in [0.15, 0.2) is 12.1 Å². The van der Waals surface area contributed by atoms with Gasteiger partial charge in [0.15, 0.2) is 0 Å². The van der Waals surface area contributed by atoms with Crippen molar-refractivity contribution in [2.45, 2.75) is 19.9 Å². The molecule has 0 saturated heterocycles. The fraction of sp³-hybridized carbons (Fsp3) is 0.417. The van der Waals surface area contributed by atoms with E-state index in [1.807, 2.05) is 0 Å². The average molecular weight is 312 g/mol. The van der Waals surface area contributed by atoms with Crippen LogP contribution in [-0.4, -0.2) is 18.2 Å². The van der Waals surface area contributed by atoms with Crippen LogP contribution < -0.4 is 5.73 Å². The normalized spacial score (nSPS) is 12.5. The predicted octanol–water partition coefficient (Wildman–Crippen LogP) is 2.81. The van der Waals surface area contributed by atoms with Crippen LogP contribution in [0.25, 0.3) is 0 Å². The van der Waals surface area contributed by atoms with E-state index in [0.29, 0.717) is 0 Å². The first-order valence-electron chi connectivity index (χ1n) is 5.23. The van der Waals surface area contributed by atoms with Crippen molar-refractivity contribution in [2.24, 2.45) is 11.1 Å². The van der Waals surface area contributed by atoms with E-state index in [2.05, 4.69) is 4.74 Å². The molecule has 0 spiro atoms. The molecule has 0 aliphatic carbocycles. The summed E-state index contributed by atoms with van der Waals surface area (Å²) in [6.45, 7) is 3.09. The Morgan fingerprint density at radius 1 is 1.53 bits per heavy atom. The van der Waals surface area contributed by atoms with Gasteiger partial charge in [-0.15, -0.1) is 12.4 Å². The molecule has 108 valence electrons. The van der Waals surface area contributed by atoms with Crippen LogP contribution in [0, 0.1) is 11.2 Å². The van der Waals surface area contributed by atoms with Gasteiger partial charge in [0.1, 0.15) is 11.6 Å². The number of carbonyl (C=O) groups is 1. The quantitative estimate of drug-likeness (QED) is 0.842. The lowest BCUT2D eigenvalue weighted by Crippen LogP contribution is -2.37. The largest absolute Gasteiger partial charge is 0.506 e. The van der Waals surface area contributed by atoms with Crippen molar-refractivity contribution in [3.63, 3.8) is 0 Å². The summed E-state index contributed by atoms with van der Waals surface area (Å²) in [6.07, 6.45) is 0. The number of benzene rings is 1. The van der Waals surface area contributed by atoms with E-state index in [0.717, 1.165) is 12.1 Å². The third kappa shape index (κ3) is 3.49. The van der Waals surface area contributed by atoms with E-state index in [4.69, 9.17) is 17.3 Å². The number of phenolic OH excluding ortho intramolecular Hbond substituents is 1. The topological polar surface area (TPSA) is 72.5 Å². The molecule has 7 heteroatoms. The van der Waals surface area contributed by atoms with Crippen LogP contribution in [0.3, 0.4) is 0 Å². The second-order valence-corrected chi connectivity index (χ2v) is 4.92. The molecule has 3 N–H and O–H groups in total. The van der Waals surface area contributed by atoms with Crippen molar-refractivity contribution in [1.29, 1.82) is 0 Å². The highest BCUT2D eigenvalue weighted by Crippen LogP contribution is 2.39. The van der Waals surface area contributed by atoms with E-state index in [-0.39, 0.29) is 28.7 Å². The number of hydrogen-bond donors (Lipinski definition) is 2. The molecular formula is C12H16Cl2FNO3. The van der Waals surface area contributed by atoms with E-state index in [1.54, 1.807) is 13.8 Å². The van der Waals surface area contributed by atoms with Gasteiger partial charge in [-0.3, -0.25) is 4.79 Å². The van der Waals surface area contributed by atoms with Gasteiger partial charge < -0.3 is 15.6 Å². The molecule has 1 rings (SSSR count). The maximum atomic E-state index is 13.3. The van der Waals surface area contributed by atoms with Crippen LogP contribution in [0.5, 0.6) is 5.75 Å². The summed E-state index contributed by atoms with van der Waals surface area (Å²) < 4.78 is 17.9. The third-order valence-electron chi connectivity index (χ3n) is 2.88. The second-order valence-electron chi connectivity index (χ2n) is 4.52. The average Bonchev–Trinajstić information content (AvgIpc) is 2.31. The Hall–Kier alpha value is -1.04. The van der Waals surface area contributed by atoms with E-state index in [9.17, 15) is 14.3 Å². The molecule has 0 fully saturated rings. The van der Waals surface area contributed by atoms with Gasteiger partial charge in [-0.05, 0) is 26.0 Å². The summed E-state index contributed by atoms with van der Waals surface area (Å²) in [5.74, 6) is -1.53. The van der Waals surface area contributed by atoms with Crippen molar-refractivity contribution < 1.29 is 19.0 Å². The summed E-state index contributed by atoms with van der Waals surface area (Å²) >= 11 is 5.66. The Kier molecular flexibility index (Phi) is 6.06. The molecular weight excluding hydrogens is 296 g/mol. The molecule has 0 radical (unpaired) electrons. The Labute approximate surface area is 122 Å². The van der Waals surface area contributed by atoms with Crippen molar-refractivity contribution in [2.75, 3.05) is 7.11 Å². The SMILES string of the molecule is COC(=O)C(C)(C)[C@H](N)c1cc(F)cc(Cl)c1O.Cl. The molecule has 0 aliphatic heterocycles. The number of nitrogens with two attached hydrogens (primary N) is 1. The minimum Gasteiger partial charge on any atom is -0.506 e. The van der Waals surface area contributed by atoms with Crippen LogP contribution in [0.2, 0.25) is 5.02 Å². The standard InChI is InChI=1S/C12H15ClFNO3.ClH/c1-12(2,11(17)18-3)10(15)7-4-6(14)5-8(13)9(7)16;/h4-5,10,16H,15H2,1-3H3;1H/t10-;/m1./s1. The highest BCUT2D eigenvalue weighted by molar-refractivity contribution is 6.32. The first-order valence-corrected chi connectivity index (χ1v) is 5.61. The molecule has 0 saturated carbocycles.